The summed E-state index contributed by atoms with van der Waals surface area (Å²) in [4.78, 5) is 0. The normalized spacial score (nSPS) is 12.9. The second-order valence-corrected chi connectivity index (χ2v) is 5.79. The number of para-hydroxylation sites is 2. The molecule has 0 aliphatic carbocycles. The zero-order chi connectivity index (χ0) is 14.6. The van der Waals surface area contributed by atoms with Gasteiger partial charge in [-0.2, -0.15) is 8.42 Å². The van der Waals surface area contributed by atoms with Gasteiger partial charge in [0.15, 0.2) is 0 Å². The average Bonchev–Trinajstić information content (AvgIpc) is 2.41. The summed E-state index contributed by atoms with van der Waals surface area (Å²) in [5.74, 6) is 0.929. The Morgan fingerprint density at radius 2 is 1.65 bits per heavy atom. The van der Waals surface area contributed by atoms with Crippen LogP contribution in [0, 0.1) is 0 Å². The number of ether oxygens (including phenoxy) is 1. The standard InChI is InChI=1S/C14H15NO4S/c15-10-14(20(16,17)18)12-8-4-5-9-13(12)19-11-6-2-1-3-7-11/h1-9,14H,10,15H2,(H,16,17,18). The highest BCUT2D eigenvalue weighted by molar-refractivity contribution is 7.86. The van der Waals surface area contributed by atoms with Gasteiger partial charge < -0.3 is 10.5 Å². The van der Waals surface area contributed by atoms with Crippen LogP contribution in [-0.2, 0) is 10.1 Å². The van der Waals surface area contributed by atoms with Crippen LogP contribution in [0.2, 0.25) is 0 Å². The minimum Gasteiger partial charge on any atom is -0.457 e. The van der Waals surface area contributed by atoms with E-state index in [0.29, 0.717) is 17.1 Å². The molecular formula is C14H15NO4S. The van der Waals surface area contributed by atoms with E-state index >= 15 is 0 Å². The molecule has 0 saturated heterocycles. The van der Waals surface area contributed by atoms with Crippen molar-refractivity contribution < 1.29 is 17.7 Å². The van der Waals surface area contributed by atoms with Gasteiger partial charge in [-0.25, -0.2) is 0 Å². The topological polar surface area (TPSA) is 89.6 Å². The average molecular weight is 293 g/mol. The summed E-state index contributed by atoms with van der Waals surface area (Å²) in [5.41, 5.74) is 5.79. The molecule has 2 aromatic carbocycles. The molecule has 0 fully saturated rings. The van der Waals surface area contributed by atoms with Gasteiger partial charge >= 0.3 is 0 Å². The third kappa shape index (κ3) is 3.36. The molecule has 0 spiro atoms. The molecule has 0 heterocycles. The first-order valence-corrected chi connectivity index (χ1v) is 7.51. The summed E-state index contributed by atoms with van der Waals surface area (Å²) in [5, 5.41) is -1.21. The molecule has 0 aliphatic rings. The van der Waals surface area contributed by atoms with Crippen LogP contribution in [0.1, 0.15) is 10.8 Å². The fraction of sp³-hybridized carbons (Fsp3) is 0.143. The summed E-state index contributed by atoms with van der Waals surface area (Å²) < 4.78 is 37.7. The van der Waals surface area contributed by atoms with Gasteiger partial charge in [-0.05, 0) is 18.2 Å². The highest BCUT2D eigenvalue weighted by atomic mass is 32.2. The highest BCUT2D eigenvalue weighted by Gasteiger charge is 2.26. The fourth-order valence-corrected chi connectivity index (χ4v) is 2.62. The predicted molar refractivity (Wildman–Crippen MR) is 76.3 cm³/mol. The molecule has 106 valence electrons. The van der Waals surface area contributed by atoms with Gasteiger partial charge in [0, 0.05) is 12.1 Å². The third-order valence-electron chi connectivity index (χ3n) is 2.81. The van der Waals surface area contributed by atoms with E-state index in [9.17, 15) is 13.0 Å². The first-order chi connectivity index (χ1) is 9.52. The molecule has 0 radical (unpaired) electrons. The van der Waals surface area contributed by atoms with E-state index in [0.717, 1.165) is 0 Å². The van der Waals surface area contributed by atoms with Crippen molar-refractivity contribution in [1.29, 1.82) is 0 Å². The molecule has 6 heteroatoms. The largest absolute Gasteiger partial charge is 0.457 e. The van der Waals surface area contributed by atoms with E-state index in [4.69, 9.17) is 10.5 Å². The lowest BCUT2D eigenvalue weighted by atomic mass is 10.1. The van der Waals surface area contributed by atoms with Gasteiger partial charge in [0.05, 0.1) is 0 Å². The monoisotopic (exact) mass is 293 g/mol. The Morgan fingerprint density at radius 3 is 2.25 bits per heavy atom. The maximum Gasteiger partial charge on any atom is 0.273 e. The van der Waals surface area contributed by atoms with Crippen molar-refractivity contribution >= 4 is 10.1 Å². The van der Waals surface area contributed by atoms with Gasteiger partial charge in [0.2, 0.25) is 0 Å². The van der Waals surface area contributed by atoms with E-state index in [1.54, 1.807) is 48.5 Å². The summed E-state index contributed by atoms with van der Waals surface area (Å²) >= 11 is 0. The van der Waals surface area contributed by atoms with Crippen molar-refractivity contribution in [2.24, 2.45) is 5.73 Å². The predicted octanol–water partition coefficient (Wildman–Crippen LogP) is 2.37. The lowest BCUT2D eigenvalue weighted by Crippen LogP contribution is -2.21. The van der Waals surface area contributed by atoms with Crippen LogP contribution in [0.4, 0.5) is 0 Å². The molecule has 0 aliphatic heterocycles. The third-order valence-corrected chi connectivity index (χ3v) is 3.98. The maximum atomic E-state index is 11.4. The second kappa shape index (κ2) is 6.04. The van der Waals surface area contributed by atoms with E-state index in [-0.39, 0.29) is 6.54 Å². The number of hydrogen-bond acceptors (Lipinski definition) is 4. The number of benzene rings is 2. The molecule has 0 bridgehead atoms. The molecule has 0 saturated carbocycles. The Labute approximate surface area is 117 Å². The lowest BCUT2D eigenvalue weighted by molar-refractivity contribution is 0.455. The van der Waals surface area contributed by atoms with Crippen molar-refractivity contribution in [2.75, 3.05) is 6.54 Å². The van der Waals surface area contributed by atoms with Crippen molar-refractivity contribution in [3.05, 3.63) is 60.2 Å². The Balaban J connectivity index is 2.40. The number of rotatable bonds is 5. The van der Waals surface area contributed by atoms with Crippen molar-refractivity contribution in [3.63, 3.8) is 0 Å². The molecule has 20 heavy (non-hydrogen) atoms. The van der Waals surface area contributed by atoms with Crippen LogP contribution in [0.15, 0.2) is 54.6 Å². The first kappa shape index (κ1) is 14.5. The second-order valence-electron chi connectivity index (χ2n) is 4.19. The molecule has 1 unspecified atom stereocenters. The molecule has 0 amide bonds. The Kier molecular flexibility index (Phi) is 4.39. The van der Waals surface area contributed by atoms with Crippen LogP contribution in [0.5, 0.6) is 11.5 Å². The van der Waals surface area contributed by atoms with Crippen LogP contribution in [-0.4, -0.2) is 19.5 Å². The first-order valence-electron chi connectivity index (χ1n) is 6.00. The Hall–Kier alpha value is -1.89. The van der Waals surface area contributed by atoms with Crippen molar-refractivity contribution in [3.8, 4) is 11.5 Å². The van der Waals surface area contributed by atoms with Crippen LogP contribution in [0.3, 0.4) is 0 Å². The number of nitrogens with two attached hydrogens (primary N) is 1. The minimum atomic E-state index is -4.29. The molecular weight excluding hydrogens is 278 g/mol. The molecule has 3 N–H and O–H groups in total. The van der Waals surface area contributed by atoms with E-state index in [1.807, 2.05) is 6.07 Å². The van der Waals surface area contributed by atoms with Crippen molar-refractivity contribution in [2.45, 2.75) is 5.25 Å². The molecule has 5 nitrogen and oxygen atoms in total. The van der Waals surface area contributed by atoms with E-state index in [1.165, 1.54) is 0 Å². The van der Waals surface area contributed by atoms with Gasteiger partial charge in [-0.1, -0.05) is 36.4 Å². The smallest absolute Gasteiger partial charge is 0.273 e. The molecule has 2 rings (SSSR count). The van der Waals surface area contributed by atoms with E-state index < -0.39 is 15.4 Å². The van der Waals surface area contributed by atoms with Crippen LogP contribution in [0.25, 0.3) is 0 Å². The van der Waals surface area contributed by atoms with Gasteiger partial charge in [0.1, 0.15) is 16.7 Å². The Morgan fingerprint density at radius 1 is 1.05 bits per heavy atom. The minimum absolute atomic E-state index is 0.228. The van der Waals surface area contributed by atoms with Gasteiger partial charge in [-0.15, -0.1) is 0 Å². The van der Waals surface area contributed by atoms with E-state index in [2.05, 4.69) is 0 Å². The zero-order valence-electron chi connectivity index (χ0n) is 10.6. The summed E-state index contributed by atoms with van der Waals surface area (Å²) in [7, 11) is -4.29. The molecule has 0 aromatic heterocycles. The quantitative estimate of drug-likeness (QED) is 0.826. The maximum absolute atomic E-state index is 11.4. The Bertz CT molecular complexity index is 671. The summed E-state index contributed by atoms with van der Waals surface area (Å²) in [6.45, 7) is -0.228. The zero-order valence-corrected chi connectivity index (χ0v) is 11.5. The van der Waals surface area contributed by atoms with Crippen LogP contribution < -0.4 is 10.5 Å². The molecule has 2 aromatic rings. The fourth-order valence-electron chi connectivity index (χ4n) is 1.86. The summed E-state index contributed by atoms with van der Waals surface area (Å²) in [6.07, 6.45) is 0. The SMILES string of the molecule is NCC(c1ccccc1Oc1ccccc1)S(=O)(=O)O. The lowest BCUT2D eigenvalue weighted by Gasteiger charge is -2.16. The van der Waals surface area contributed by atoms with Gasteiger partial charge in [-0.3, -0.25) is 4.55 Å². The van der Waals surface area contributed by atoms with Gasteiger partial charge in [0.25, 0.3) is 10.1 Å². The summed E-state index contributed by atoms with van der Waals surface area (Å²) in [6, 6.07) is 15.6. The highest BCUT2D eigenvalue weighted by Crippen LogP contribution is 2.32. The van der Waals surface area contributed by atoms with Crippen LogP contribution >= 0.6 is 0 Å². The van der Waals surface area contributed by atoms with Crippen molar-refractivity contribution in [1.82, 2.24) is 0 Å². The molecule has 1 atom stereocenters. The number of hydrogen-bond donors (Lipinski definition) is 2.